The first-order valence-corrected chi connectivity index (χ1v) is 9.76. The minimum absolute atomic E-state index is 0.0912. The number of benzene rings is 2. The summed E-state index contributed by atoms with van der Waals surface area (Å²) in [4.78, 5) is 31.5. The van der Waals surface area contributed by atoms with E-state index in [1.165, 1.54) is 0 Å². The predicted octanol–water partition coefficient (Wildman–Crippen LogP) is 3.67. The highest BCUT2D eigenvalue weighted by molar-refractivity contribution is 6.33. The van der Waals surface area contributed by atoms with Gasteiger partial charge in [-0.15, -0.1) is 0 Å². The molecule has 7 nitrogen and oxygen atoms in total. The Kier molecular flexibility index (Phi) is 4.13. The van der Waals surface area contributed by atoms with Crippen LogP contribution in [0.3, 0.4) is 0 Å². The molecule has 29 heavy (non-hydrogen) atoms. The van der Waals surface area contributed by atoms with E-state index in [1.54, 1.807) is 12.1 Å². The summed E-state index contributed by atoms with van der Waals surface area (Å²) >= 11 is 6.18. The number of imide groups is 1. The molecule has 3 amide bonds. The number of hydrogen-bond donors (Lipinski definition) is 1. The summed E-state index contributed by atoms with van der Waals surface area (Å²) in [6, 6.07) is 14.4. The van der Waals surface area contributed by atoms with Gasteiger partial charge in [-0.25, -0.2) is 4.79 Å². The van der Waals surface area contributed by atoms with Crippen molar-refractivity contribution in [1.82, 2.24) is 20.4 Å². The van der Waals surface area contributed by atoms with Crippen LogP contribution in [0.5, 0.6) is 0 Å². The van der Waals surface area contributed by atoms with Gasteiger partial charge >= 0.3 is 6.03 Å². The van der Waals surface area contributed by atoms with Gasteiger partial charge in [0.2, 0.25) is 11.7 Å². The lowest BCUT2D eigenvalue weighted by molar-refractivity contribution is -0.132. The maximum absolute atomic E-state index is 13.3. The van der Waals surface area contributed by atoms with Crippen molar-refractivity contribution in [1.29, 1.82) is 0 Å². The molecule has 8 heteroatoms. The van der Waals surface area contributed by atoms with Crippen LogP contribution in [0.15, 0.2) is 53.1 Å². The smallest absolute Gasteiger partial charge is 0.325 e. The average Bonchev–Trinajstić information content (AvgIpc) is 3.28. The molecule has 1 aliphatic carbocycles. The van der Waals surface area contributed by atoms with E-state index >= 15 is 0 Å². The van der Waals surface area contributed by atoms with Crippen molar-refractivity contribution >= 4 is 23.5 Å². The molecule has 3 aromatic rings. The van der Waals surface area contributed by atoms with Gasteiger partial charge in [0.15, 0.2) is 0 Å². The van der Waals surface area contributed by atoms with Crippen LogP contribution >= 0.6 is 11.6 Å². The van der Waals surface area contributed by atoms with Crippen molar-refractivity contribution < 1.29 is 14.1 Å². The number of aryl methyl sites for hydroxylation is 1. The summed E-state index contributed by atoms with van der Waals surface area (Å²) in [7, 11) is 0. The van der Waals surface area contributed by atoms with E-state index in [4.69, 9.17) is 16.1 Å². The van der Waals surface area contributed by atoms with Gasteiger partial charge in [0.05, 0.1) is 5.02 Å². The standard InChI is InChI=1S/C21H17ClN4O3/c22-16-10-4-2-8-14(16)18-23-17(29-25-18)12-26-19(27)21(24-20(26)28)11-5-7-13-6-1-3-9-15(13)21/h1-4,6,8-10H,5,7,11-12H2,(H,24,28)/t21-/m0/s1. The lowest BCUT2D eigenvalue weighted by Gasteiger charge is -2.33. The maximum atomic E-state index is 13.3. The molecule has 1 aromatic heterocycles. The highest BCUT2D eigenvalue weighted by atomic mass is 35.5. The third kappa shape index (κ3) is 2.81. The van der Waals surface area contributed by atoms with E-state index in [0.29, 0.717) is 22.8 Å². The van der Waals surface area contributed by atoms with Gasteiger partial charge in [0.25, 0.3) is 5.91 Å². The molecule has 0 saturated carbocycles. The Hall–Kier alpha value is -3.19. The zero-order chi connectivity index (χ0) is 20.0. The van der Waals surface area contributed by atoms with Crippen LogP contribution in [0.1, 0.15) is 29.9 Å². The fraction of sp³-hybridized carbons (Fsp3) is 0.238. The molecule has 1 atom stereocenters. The molecule has 2 aromatic carbocycles. The fourth-order valence-corrected chi connectivity index (χ4v) is 4.38. The van der Waals surface area contributed by atoms with Crippen LogP contribution < -0.4 is 5.32 Å². The minimum Gasteiger partial charge on any atom is -0.337 e. The number of hydrogen-bond acceptors (Lipinski definition) is 5. The van der Waals surface area contributed by atoms with Gasteiger partial charge < -0.3 is 9.84 Å². The Morgan fingerprint density at radius 3 is 2.79 bits per heavy atom. The van der Waals surface area contributed by atoms with E-state index < -0.39 is 11.6 Å². The second kappa shape index (κ2) is 6.70. The van der Waals surface area contributed by atoms with Crippen LogP contribution in [0.4, 0.5) is 4.79 Å². The Morgan fingerprint density at radius 1 is 1.14 bits per heavy atom. The molecule has 1 N–H and O–H groups in total. The second-order valence-corrected chi connectivity index (χ2v) is 7.64. The Balaban J connectivity index is 1.44. The van der Waals surface area contributed by atoms with E-state index in [9.17, 15) is 9.59 Å². The summed E-state index contributed by atoms with van der Waals surface area (Å²) < 4.78 is 5.28. The van der Waals surface area contributed by atoms with Crippen molar-refractivity contribution in [3.05, 3.63) is 70.6 Å². The number of urea groups is 1. The molecule has 1 saturated heterocycles. The van der Waals surface area contributed by atoms with E-state index in [1.807, 2.05) is 36.4 Å². The quantitative estimate of drug-likeness (QED) is 0.668. The molecule has 1 aliphatic heterocycles. The van der Waals surface area contributed by atoms with E-state index in [0.717, 1.165) is 28.9 Å². The largest absolute Gasteiger partial charge is 0.337 e. The molecular formula is C21H17ClN4O3. The lowest BCUT2D eigenvalue weighted by atomic mass is 9.76. The molecule has 0 bridgehead atoms. The van der Waals surface area contributed by atoms with Gasteiger partial charge in [0, 0.05) is 5.56 Å². The molecule has 5 rings (SSSR count). The SMILES string of the molecule is O=C1N[C@]2(CCCc3ccccc32)C(=O)N1Cc1nc(-c2ccccc2Cl)no1. The lowest BCUT2D eigenvalue weighted by Crippen LogP contribution is -2.46. The first-order valence-electron chi connectivity index (χ1n) is 9.38. The number of fused-ring (bicyclic) bond motifs is 2. The number of amides is 3. The Morgan fingerprint density at radius 2 is 1.93 bits per heavy atom. The topological polar surface area (TPSA) is 88.3 Å². The Labute approximate surface area is 171 Å². The monoisotopic (exact) mass is 408 g/mol. The van der Waals surface area contributed by atoms with Gasteiger partial charge in [-0.05, 0) is 42.5 Å². The van der Waals surface area contributed by atoms with Crippen molar-refractivity contribution in [2.45, 2.75) is 31.3 Å². The van der Waals surface area contributed by atoms with Crippen molar-refractivity contribution in [2.24, 2.45) is 0 Å². The molecule has 2 aliphatic rings. The van der Waals surface area contributed by atoms with Crippen molar-refractivity contribution in [2.75, 3.05) is 0 Å². The zero-order valence-electron chi connectivity index (χ0n) is 15.4. The summed E-state index contributed by atoms with van der Waals surface area (Å²) in [6.07, 6.45) is 2.29. The predicted molar refractivity (Wildman–Crippen MR) is 105 cm³/mol. The molecule has 0 unspecified atom stereocenters. The van der Waals surface area contributed by atoms with Crippen molar-refractivity contribution in [3.8, 4) is 11.4 Å². The molecule has 0 radical (unpaired) electrons. The summed E-state index contributed by atoms with van der Waals surface area (Å²) in [5, 5.41) is 7.35. The fourth-order valence-electron chi connectivity index (χ4n) is 4.16. The molecule has 2 heterocycles. The molecule has 1 spiro atoms. The molecule has 1 fully saturated rings. The number of halogens is 1. The van der Waals surface area contributed by atoms with Crippen LogP contribution in [0, 0.1) is 0 Å². The first-order chi connectivity index (χ1) is 14.1. The second-order valence-electron chi connectivity index (χ2n) is 7.23. The third-order valence-electron chi connectivity index (χ3n) is 5.53. The van der Waals surface area contributed by atoms with Gasteiger partial charge in [-0.3, -0.25) is 9.69 Å². The number of carbonyl (C=O) groups is 2. The first kappa shape index (κ1) is 17.9. The third-order valence-corrected chi connectivity index (χ3v) is 5.86. The number of carbonyl (C=O) groups excluding carboxylic acids is 2. The van der Waals surface area contributed by atoms with Gasteiger partial charge in [-0.1, -0.05) is 53.2 Å². The van der Waals surface area contributed by atoms with Crippen LogP contribution in [-0.2, 0) is 23.3 Å². The maximum Gasteiger partial charge on any atom is 0.325 e. The molecule has 146 valence electrons. The summed E-state index contributed by atoms with van der Waals surface area (Å²) in [5.74, 6) is 0.201. The van der Waals surface area contributed by atoms with Gasteiger partial charge in [-0.2, -0.15) is 4.98 Å². The number of nitrogens with one attached hydrogen (secondary N) is 1. The molecular weight excluding hydrogens is 392 g/mol. The number of rotatable bonds is 3. The zero-order valence-corrected chi connectivity index (χ0v) is 16.1. The average molecular weight is 409 g/mol. The van der Waals surface area contributed by atoms with Crippen LogP contribution in [0.2, 0.25) is 5.02 Å². The highest BCUT2D eigenvalue weighted by Gasteiger charge is 2.54. The number of aromatic nitrogens is 2. The van der Waals surface area contributed by atoms with E-state index in [2.05, 4.69) is 15.5 Å². The minimum atomic E-state index is -1.02. The van der Waals surface area contributed by atoms with E-state index in [-0.39, 0.29) is 18.3 Å². The highest BCUT2D eigenvalue weighted by Crippen LogP contribution is 2.40. The van der Waals surface area contributed by atoms with Crippen LogP contribution in [0.25, 0.3) is 11.4 Å². The van der Waals surface area contributed by atoms with Crippen molar-refractivity contribution in [3.63, 3.8) is 0 Å². The number of nitrogens with zero attached hydrogens (tertiary/aromatic N) is 3. The van der Waals surface area contributed by atoms with Gasteiger partial charge in [0.1, 0.15) is 12.1 Å². The Bertz CT molecular complexity index is 1130. The summed E-state index contributed by atoms with van der Waals surface area (Å²) in [5.41, 5.74) is 1.57. The van der Waals surface area contributed by atoms with Crippen LogP contribution in [-0.4, -0.2) is 27.0 Å². The normalized spacial score (nSPS) is 20.8. The summed E-state index contributed by atoms with van der Waals surface area (Å²) in [6.45, 7) is -0.0912.